The van der Waals surface area contributed by atoms with Gasteiger partial charge in [0.2, 0.25) is 5.13 Å². The van der Waals surface area contributed by atoms with Crippen LogP contribution in [0.5, 0.6) is 0 Å². The normalized spacial score (nSPS) is 19.0. The van der Waals surface area contributed by atoms with E-state index in [9.17, 15) is 9.59 Å². The summed E-state index contributed by atoms with van der Waals surface area (Å²) in [6, 6.07) is 0.576. The summed E-state index contributed by atoms with van der Waals surface area (Å²) >= 11 is 2.35. The van der Waals surface area contributed by atoms with Crippen molar-refractivity contribution in [1.82, 2.24) is 15.1 Å². The Labute approximate surface area is 155 Å². The van der Waals surface area contributed by atoms with Gasteiger partial charge in [-0.1, -0.05) is 55.2 Å². The number of carboxylic acid groups (broad SMARTS) is 1. The lowest BCUT2D eigenvalue weighted by Crippen LogP contribution is -2.49. The van der Waals surface area contributed by atoms with Crippen LogP contribution in [0.3, 0.4) is 0 Å². The molecule has 1 aromatic heterocycles. The minimum atomic E-state index is -0.893. The van der Waals surface area contributed by atoms with Crippen molar-refractivity contribution in [2.45, 2.75) is 74.2 Å². The highest BCUT2D eigenvalue weighted by Crippen LogP contribution is 2.32. The summed E-state index contributed by atoms with van der Waals surface area (Å²) in [4.78, 5) is 25.6. The summed E-state index contributed by atoms with van der Waals surface area (Å²) < 4.78 is 0.558. The summed E-state index contributed by atoms with van der Waals surface area (Å²) in [6.45, 7) is 0. The molecule has 3 rings (SSSR count). The number of nitrogens with zero attached hydrogens (tertiary/aromatic N) is 3. The lowest BCUT2D eigenvalue weighted by atomic mass is 9.93. The van der Waals surface area contributed by atoms with Crippen molar-refractivity contribution >= 4 is 40.2 Å². The molecule has 1 aromatic rings. The first-order valence-electron chi connectivity index (χ1n) is 8.91. The van der Waals surface area contributed by atoms with Gasteiger partial charge in [0.15, 0.2) is 4.34 Å². The maximum Gasteiger partial charge on any atom is 0.324 e. The third kappa shape index (κ3) is 5.07. The average molecular weight is 385 g/mol. The van der Waals surface area contributed by atoms with Crippen molar-refractivity contribution in [2.24, 2.45) is 0 Å². The molecule has 2 saturated carbocycles. The molecule has 0 unspecified atom stereocenters. The van der Waals surface area contributed by atoms with Crippen molar-refractivity contribution < 1.29 is 14.7 Å². The van der Waals surface area contributed by atoms with E-state index in [0.717, 1.165) is 37.4 Å². The van der Waals surface area contributed by atoms with E-state index in [1.54, 1.807) is 0 Å². The molecule has 9 heteroatoms. The predicted molar refractivity (Wildman–Crippen MR) is 98.3 cm³/mol. The number of hydrogen-bond donors (Lipinski definition) is 2. The second kappa shape index (κ2) is 8.84. The predicted octanol–water partition coefficient (Wildman–Crippen LogP) is 3.82. The van der Waals surface area contributed by atoms with Gasteiger partial charge in [-0.15, -0.1) is 10.2 Å². The Morgan fingerprint density at radius 1 is 1.08 bits per heavy atom. The number of anilines is 1. The van der Waals surface area contributed by atoms with E-state index in [1.807, 2.05) is 0 Å². The first-order valence-corrected chi connectivity index (χ1v) is 10.7. The largest absolute Gasteiger partial charge is 0.481 e. The van der Waals surface area contributed by atoms with Crippen LogP contribution >= 0.6 is 23.1 Å². The molecule has 0 spiro atoms. The fraction of sp³-hybridized carbons (Fsp3) is 0.750. The van der Waals surface area contributed by atoms with Crippen LogP contribution in [0.25, 0.3) is 0 Å². The first kappa shape index (κ1) is 18.4. The summed E-state index contributed by atoms with van der Waals surface area (Å²) in [5.74, 6) is -0.950. The van der Waals surface area contributed by atoms with Gasteiger partial charge in [0, 0.05) is 12.1 Å². The summed E-state index contributed by atoms with van der Waals surface area (Å²) in [7, 11) is 0. The molecule has 0 bridgehead atoms. The number of nitrogens with one attached hydrogen (secondary N) is 1. The molecule has 0 aromatic carbocycles. The van der Waals surface area contributed by atoms with Gasteiger partial charge in [-0.05, 0) is 25.7 Å². The molecule has 1 heterocycles. The second-order valence-corrected chi connectivity index (χ2v) is 8.82. The van der Waals surface area contributed by atoms with Crippen LogP contribution in [0.4, 0.5) is 9.93 Å². The third-order valence-electron chi connectivity index (χ3n) is 4.86. The van der Waals surface area contributed by atoms with Crippen molar-refractivity contribution in [3.05, 3.63) is 0 Å². The highest BCUT2D eigenvalue weighted by molar-refractivity contribution is 8.01. The highest BCUT2D eigenvalue weighted by Gasteiger charge is 2.33. The number of amides is 2. The molecule has 0 radical (unpaired) electrons. The number of rotatable bonds is 6. The van der Waals surface area contributed by atoms with Crippen LogP contribution in [0.2, 0.25) is 0 Å². The van der Waals surface area contributed by atoms with Gasteiger partial charge < -0.3 is 10.0 Å². The zero-order valence-corrected chi connectivity index (χ0v) is 15.8. The smallest absolute Gasteiger partial charge is 0.324 e. The minimum Gasteiger partial charge on any atom is -0.481 e. The van der Waals surface area contributed by atoms with Crippen LogP contribution in [-0.4, -0.2) is 50.0 Å². The van der Waals surface area contributed by atoms with Gasteiger partial charge in [-0.3, -0.25) is 10.1 Å². The van der Waals surface area contributed by atoms with E-state index in [0.29, 0.717) is 21.6 Å². The van der Waals surface area contributed by atoms with E-state index < -0.39 is 5.97 Å². The number of aliphatic carboxylic acids is 1. The molecule has 25 heavy (non-hydrogen) atoms. The Balaban J connectivity index is 1.64. The molecule has 0 aliphatic heterocycles. The molecule has 2 fully saturated rings. The molecule has 2 N–H and O–H groups in total. The lowest BCUT2D eigenvalue weighted by molar-refractivity contribution is -0.133. The number of aromatic nitrogens is 2. The van der Waals surface area contributed by atoms with Crippen LogP contribution < -0.4 is 5.32 Å². The number of hydrogen-bond acceptors (Lipinski definition) is 6. The third-order valence-corrected chi connectivity index (χ3v) is 6.82. The van der Waals surface area contributed by atoms with E-state index >= 15 is 0 Å². The minimum absolute atomic E-state index is 0.0567. The Hall–Kier alpha value is -1.35. The molecule has 2 aliphatic carbocycles. The quantitative estimate of drug-likeness (QED) is 0.572. The Bertz CT molecular complexity index is 598. The fourth-order valence-corrected chi connectivity index (χ4v) is 5.23. The maximum atomic E-state index is 12.9. The molecule has 7 nitrogen and oxygen atoms in total. The molecule has 2 amide bonds. The number of carboxylic acids is 1. The first-order chi connectivity index (χ1) is 12.1. The van der Waals surface area contributed by atoms with Crippen molar-refractivity contribution in [1.29, 1.82) is 0 Å². The van der Waals surface area contributed by atoms with Crippen LogP contribution in [0.15, 0.2) is 4.34 Å². The van der Waals surface area contributed by atoms with Gasteiger partial charge in [0.25, 0.3) is 0 Å². The summed E-state index contributed by atoms with van der Waals surface area (Å²) in [6.07, 6.45) is 10.4. The summed E-state index contributed by atoms with van der Waals surface area (Å²) in [5, 5.41) is 20.0. The molecule has 138 valence electrons. The zero-order chi connectivity index (χ0) is 17.6. The van der Waals surface area contributed by atoms with E-state index in [1.165, 1.54) is 43.4 Å². The van der Waals surface area contributed by atoms with Gasteiger partial charge in [0.05, 0.1) is 5.75 Å². The fourth-order valence-electron chi connectivity index (χ4n) is 3.77. The van der Waals surface area contributed by atoms with Crippen LogP contribution in [-0.2, 0) is 4.79 Å². The maximum absolute atomic E-state index is 12.9. The molecular formula is C16H24N4O3S2. The Kier molecular flexibility index (Phi) is 6.52. The standard InChI is InChI=1S/C16H24N4O3S2/c21-13(22)10-24-16-19-18-14(25-16)17-15(23)20(12-8-4-5-9-12)11-6-2-1-3-7-11/h11-12H,1-10H2,(H,21,22)(H,17,18,23). The average Bonchev–Trinajstić information content (AvgIpc) is 3.26. The topological polar surface area (TPSA) is 95.4 Å². The molecule has 2 aliphatic rings. The van der Waals surface area contributed by atoms with Crippen LogP contribution in [0.1, 0.15) is 57.8 Å². The number of thioether (sulfide) groups is 1. The highest BCUT2D eigenvalue weighted by atomic mass is 32.2. The van der Waals surface area contributed by atoms with Gasteiger partial charge in [-0.2, -0.15) is 0 Å². The number of carbonyl (C=O) groups is 2. The SMILES string of the molecule is O=C(O)CSc1nnc(NC(=O)N(C2CCCCC2)C2CCCC2)s1. The lowest BCUT2D eigenvalue weighted by Gasteiger charge is -2.38. The van der Waals surface area contributed by atoms with Gasteiger partial charge in [-0.25, -0.2) is 4.79 Å². The number of carbonyl (C=O) groups excluding carboxylic acids is 1. The molecular weight excluding hydrogens is 360 g/mol. The molecule has 0 atom stereocenters. The van der Waals surface area contributed by atoms with Gasteiger partial charge >= 0.3 is 12.0 Å². The van der Waals surface area contributed by atoms with Crippen molar-refractivity contribution in [3.63, 3.8) is 0 Å². The monoisotopic (exact) mass is 384 g/mol. The second-order valence-electron chi connectivity index (χ2n) is 6.62. The van der Waals surface area contributed by atoms with Crippen molar-refractivity contribution in [3.8, 4) is 0 Å². The van der Waals surface area contributed by atoms with E-state index in [2.05, 4.69) is 20.4 Å². The van der Waals surface area contributed by atoms with E-state index in [4.69, 9.17) is 5.11 Å². The van der Waals surface area contributed by atoms with Crippen LogP contribution in [0, 0.1) is 0 Å². The number of urea groups is 1. The Morgan fingerprint density at radius 3 is 2.28 bits per heavy atom. The zero-order valence-electron chi connectivity index (χ0n) is 14.1. The van der Waals surface area contributed by atoms with E-state index in [-0.39, 0.29) is 11.8 Å². The molecule has 0 saturated heterocycles. The Morgan fingerprint density at radius 2 is 1.68 bits per heavy atom. The summed E-state index contributed by atoms with van der Waals surface area (Å²) in [5.41, 5.74) is 0. The van der Waals surface area contributed by atoms with Gasteiger partial charge in [0.1, 0.15) is 0 Å². The van der Waals surface area contributed by atoms with Crippen molar-refractivity contribution in [2.75, 3.05) is 11.1 Å².